The van der Waals surface area contributed by atoms with E-state index in [1.165, 1.54) is 6.33 Å². The molecule has 0 bridgehead atoms. The number of nitrogens with zero attached hydrogens (tertiary/aromatic N) is 5. The van der Waals surface area contributed by atoms with E-state index in [-0.39, 0.29) is 11.8 Å². The summed E-state index contributed by atoms with van der Waals surface area (Å²) in [6.45, 7) is 7.11. The Morgan fingerprint density at radius 3 is 2.96 bits per heavy atom. The number of aromatic nitrogens is 4. The van der Waals surface area contributed by atoms with Gasteiger partial charge in [0.2, 0.25) is 5.91 Å². The van der Waals surface area contributed by atoms with E-state index in [2.05, 4.69) is 15.1 Å². The van der Waals surface area contributed by atoms with Gasteiger partial charge in [-0.3, -0.25) is 4.79 Å². The predicted molar refractivity (Wildman–Crippen MR) is 84.9 cm³/mol. The van der Waals surface area contributed by atoms with Crippen LogP contribution in [0.4, 0.5) is 0 Å². The van der Waals surface area contributed by atoms with Gasteiger partial charge in [0.15, 0.2) is 0 Å². The van der Waals surface area contributed by atoms with E-state index in [1.54, 1.807) is 9.42 Å². The number of hydrogen-bond donors (Lipinski definition) is 1. The molecule has 7 nitrogen and oxygen atoms in total. The van der Waals surface area contributed by atoms with Crippen LogP contribution < -0.4 is 0 Å². The monoisotopic (exact) mass is 317 g/mol. The summed E-state index contributed by atoms with van der Waals surface area (Å²) in [6, 6.07) is 0. The first-order valence-electron chi connectivity index (χ1n) is 8.09. The highest BCUT2D eigenvalue weighted by Gasteiger charge is 2.27. The van der Waals surface area contributed by atoms with Crippen molar-refractivity contribution in [2.45, 2.75) is 46.1 Å². The summed E-state index contributed by atoms with van der Waals surface area (Å²) < 4.78 is 1.71. The zero-order chi connectivity index (χ0) is 16.6. The minimum absolute atomic E-state index is 0.0911. The number of aliphatic hydroxyl groups is 1. The van der Waals surface area contributed by atoms with E-state index < -0.39 is 6.10 Å². The van der Waals surface area contributed by atoms with Crippen LogP contribution >= 0.6 is 0 Å². The summed E-state index contributed by atoms with van der Waals surface area (Å²) in [5.41, 5.74) is 2.91. The van der Waals surface area contributed by atoms with Crippen molar-refractivity contribution in [1.29, 1.82) is 0 Å². The Kier molecular flexibility index (Phi) is 4.30. The lowest BCUT2D eigenvalue weighted by molar-refractivity contribution is -0.135. The first kappa shape index (κ1) is 15.9. The molecule has 1 amide bonds. The fourth-order valence-electron chi connectivity index (χ4n) is 3.18. The molecule has 0 aromatic carbocycles. The molecule has 1 aliphatic heterocycles. The highest BCUT2D eigenvalue weighted by molar-refractivity contribution is 5.76. The van der Waals surface area contributed by atoms with Crippen LogP contribution in [0.15, 0.2) is 6.33 Å². The third-order valence-corrected chi connectivity index (χ3v) is 4.85. The number of β-amino-alcohol motifs (C(OH)–C–C–N with tert-alkyl or cyclic N) is 1. The molecule has 0 aliphatic carbocycles. The summed E-state index contributed by atoms with van der Waals surface area (Å²) in [7, 11) is 0. The lowest BCUT2D eigenvalue weighted by Gasteiger charge is -2.34. The van der Waals surface area contributed by atoms with Crippen molar-refractivity contribution in [3.05, 3.63) is 23.3 Å². The Morgan fingerprint density at radius 1 is 1.43 bits per heavy atom. The smallest absolute Gasteiger partial charge is 0.252 e. The Morgan fingerprint density at radius 2 is 2.22 bits per heavy atom. The summed E-state index contributed by atoms with van der Waals surface area (Å²) in [5, 5.41) is 14.1. The molecule has 1 N–H and O–H groups in total. The molecular formula is C16H23N5O2. The maximum atomic E-state index is 12.4. The summed E-state index contributed by atoms with van der Waals surface area (Å²) in [5.74, 6) is 0.944. The molecule has 3 rings (SSSR count). The highest BCUT2D eigenvalue weighted by Crippen LogP contribution is 2.19. The Balaban J connectivity index is 1.70. The second kappa shape index (κ2) is 6.23. The van der Waals surface area contributed by atoms with Gasteiger partial charge in [0.1, 0.15) is 6.33 Å². The van der Waals surface area contributed by atoms with Crippen LogP contribution in [-0.2, 0) is 11.2 Å². The van der Waals surface area contributed by atoms with Gasteiger partial charge in [-0.15, -0.1) is 0 Å². The molecule has 1 fully saturated rings. The average Bonchev–Trinajstić information content (AvgIpc) is 2.98. The van der Waals surface area contributed by atoms with Gasteiger partial charge in [-0.25, -0.2) is 9.50 Å². The van der Waals surface area contributed by atoms with Crippen LogP contribution in [0.1, 0.15) is 36.7 Å². The molecule has 2 atom stereocenters. The van der Waals surface area contributed by atoms with Crippen LogP contribution in [0.25, 0.3) is 5.78 Å². The van der Waals surface area contributed by atoms with Crippen LogP contribution in [-0.4, -0.2) is 54.7 Å². The minimum Gasteiger partial charge on any atom is -0.391 e. The highest BCUT2D eigenvalue weighted by atomic mass is 16.3. The fourth-order valence-corrected chi connectivity index (χ4v) is 3.18. The number of hydrogen-bond acceptors (Lipinski definition) is 5. The number of likely N-dealkylation sites (tertiary alicyclic amines) is 1. The second-order valence-electron chi connectivity index (χ2n) is 6.41. The second-order valence-corrected chi connectivity index (χ2v) is 6.41. The molecule has 3 heterocycles. The maximum Gasteiger partial charge on any atom is 0.252 e. The number of aliphatic hydroxyl groups excluding tert-OH is 1. The lowest BCUT2D eigenvalue weighted by atomic mass is 9.95. The average molecular weight is 317 g/mol. The van der Waals surface area contributed by atoms with Gasteiger partial charge in [0.25, 0.3) is 5.78 Å². The van der Waals surface area contributed by atoms with Gasteiger partial charge in [0, 0.05) is 30.9 Å². The first-order valence-corrected chi connectivity index (χ1v) is 8.09. The van der Waals surface area contributed by atoms with Crippen LogP contribution in [0.3, 0.4) is 0 Å². The minimum atomic E-state index is -0.413. The zero-order valence-corrected chi connectivity index (χ0v) is 13.9. The van der Waals surface area contributed by atoms with E-state index in [9.17, 15) is 9.90 Å². The molecule has 7 heteroatoms. The maximum absolute atomic E-state index is 12.4. The van der Waals surface area contributed by atoms with Crippen molar-refractivity contribution in [3.63, 3.8) is 0 Å². The van der Waals surface area contributed by atoms with E-state index in [1.807, 2.05) is 20.8 Å². The van der Waals surface area contributed by atoms with Crippen molar-refractivity contribution in [3.8, 4) is 0 Å². The number of rotatable bonds is 3. The van der Waals surface area contributed by atoms with E-state index in [0.717, 1.165) is 29.9 Å². The molecule has 2 aromatic heterocycles. The van der Waals surface area contributed by atoms with Gasteiger partial charge < -0.3 is 10.0 Å². The predicted octanol–water partition coefficient (Wildman–Crippen LogP) is 0.903. The molecule has 0 saturated carbocycles. The first-order chi connectivity index (χ1) is 11.0. The van der Waals surface area contributed by atoms with Gasteiger partial charge in [-0.2, -0.15) is 10.1 Å². The number of fused-ring (bicyclic) bond motifs is 1. The van der Waals surface area contributed by atoms with Crippen LogP contribution in [0.2, 0.25) is 0 Å². The molecule has 2 aromatic rings. The standard InChI is InChI=1S/C16H23N5O2/c1-10-6-7-20(8-14(10)22)15(23)5-4-13-11(2)19-16-17-9-18-21(16)12(13)3/h9-10,14,22H,4-8H2,1-3H3. The summed E-state index contributed by atoms with van der Waals surface area (Å²) in [4.78, 5) is 22.7. The van der Waals surface area contributed by atoms with Gasteiger partial charge >= 0.3 is 0 Å². The molecule has 124 valence electrons. The van der Waals surface area contributed by atoms with Crippen molar-refractivity contribution >= 4 is 11.7 Å². The van der Waals surface area contributed by atoms with Gasteiger partial charge in [0.05, 0.1) is 6.10 Å². The number of amides is 1. The Labute approximate surface area is 135 Å². The number of carbonyl (C=O) groups is 1. The van der Waals surface area contributed by atoms with Crippen LogP contribution in [0.5, 0.6) is 0 Å². The molecule has 0 spiro atoms. The van der Waals surface area contributed by atoms with Crippen molar-refractivity contribution in [2.24, 2.45) is 5.92 Å². The zero-order valence-electron chi connectivity index (χ0n) is 13.9. The van der Waals surface area contributed by atoms with Crippen molar-refractivity contribution in [2.75, 3.05) is 13.1 Å². The van der Waals surface area contributed by atoms with Crippen molar-refractivity contribution < 1.29 is 9.90 Å². The number of aryl methyl sites for hydroxylation is 2. The third-order valence-electron chi connectivity index (χ3n) is 4.85. The topological polar surface area (TPSA) is 83.6 Å². The van der Waals surface area contributed by atoms with Crippen molar-refractivity contribution in [1.82, 2.24) is 24.5 Å². The molecule has 1 aliphatic rings. The number of piperidine rings is 1. The SMILES string of the molecule is Cc1nc2ncnn2c(C)c1CCC(=O)N1CCC(C)C(O)C1. The molecular weight excluding hydrogens is 294 g/mol. The van der Waals surface area contributed by atoms with E-state index >= 15 is 0 Å². The van der Waals surface area contributed by atoms with Gasteiger partial charge in [-0.05, 0) is 38.2 Å². The molecule has 0 radical (unpaired) electrons. The normalized spacial score (nSPS) is 21.8. The molecule has 1 saturated heterocycles. The summed E-state index contributed by atoms with van der Waals surface area (Å²) >= 11 is 0. The molecule has 23 heavy (non-hydrogen) atoms. The largest absolute Gasteiger partial charge is 0.391 e. The number of carbonyl (C=O) groups excluding carboxylic acids is 1. The Hall–Kier alpha value is -2.02. The quantitative estimate of drug-likeness (QED) is 0.909. The third kappa shape index (κ3) is 3.06. The fraction of sp³-hybridized carbons (Fsp3) is 0.625. The summed E-state index contributed by atoms with van der Waals surface area (Å²) in [6.07, 6.45) is 2.98. The van der Waals surface area contributed by atoms with E-state index in [0.29, 0.717) is 25.2 Å². The Bertz CT molecular complexity index is 727. The lowest BCUT2D eigenvalue weighted by Crippen LogP contribution is -2.45. The van der Waals surface area contributed by atoms with Crippen LogP contribution in [0, 0.1) is 19.8 Å². The molecule has 2 unspecified atom stereocenters. The van der Waals surface area contributed by atoms with E-state index in [4.69, 9.17) is 0 Å². The van der Waals surface area contributed by atoms with Gasteiger partial charge in [-0.1, -0.05) is 6.92 Å².